The van der Waals surface area contributed by atoms with Crippen LogP contribution in [0.25, 0.3) is 22.6 Å². The van der Waals surface area contributed by atoms with Crippen LogP contribution in [-0.2, 0) is 0 Å². The molecule has 0 bridgehead atoms. The Morgan fingerprint density at radius 1 is 0.654 bits per heavy atom. The SMILES string of the molecule is Cc1ccccc1-c1occc1C(=O)c1ccoc1-c1ccccc1C. The van der Waals surface area contributed by atoms with Gasteiger partial charge in [0.25, 0.3) is 0 Å². The summed E-state index contributed by atoms with van der Waals surface area (Å²) in [7, 11) is 0. The second kappa shape index (κ2) is 6.52. The van der Waals surface area contributed by atoms with Gasteiger partial charge in [-0.1, -0.05) is 48.5 Å². The topological polar surface area (TPSA) is 43.4 Å². The number of ketones is 1. The lowest BCUT2D eigenvalue weighted by Crippen LogP contribution is -2.02. The smallest absolute Gasteiger partial charge is 0.200 e. The number of furan rings is 2. The molecule has 0 amide bonds. The number of carbonyl (C=O) groups excluding carboxylic acids is 1. The first-order valence-electron chi connectivity index (χ1n) is 8.48. The minimum absolute atomic E-state index is 0.107. The van der Waals surface area contributed by atoms with Gasteiger partial charge in [0.1, 0.15) is 11.5 Å². The highest BCUT2D eigenvalue weighted by atomic mass is 16.3. The average molecular weight is 342 g/mol. The molecule has 0 atom stereocenters. The van der Waals surface area contributed by atoms with E-state index in [1.54, 1.807) is 24.7 Å². The summed E-state index contributed by atoms with van der Waals surface area (Å²) in [6, 6.07) is 19.2. The summed E-state index contributed by atoms with van der Waals surface area (Å²) in [5.41, 5.74) is 5.03. The van der Waals surface area contributed by atoms with Gasteiger partial charge in [0.15, 0.2) is 0 Å². The van der Waals surface area contributed by atoms with E-state index in [-0.39, 0.29) is 5.78 Å². The monoisotopic (exact) mass is 342 g/mol. The number of hydrogen-bond donors (Lipinski definition) is 0. The molecule has 0 N–H and O–H groups in total. The molecule has 0 saturated heterocycles. The van der Waals surface area contributed by atoms with E-state index in [4.69, 9.17) is 8.83 Å². The molecule has 2 aromatic carbocycles. The van der Waals surface area contributed by atoms with Gasteiger partial charge in [-0.3, -0.25) is 4.79 Å². The van der Waals surface area contributed by atoms with Crippen LogP contribution < -0.4 is 0 Å². The normalized spacial score (nSPS) is 10.8. The minimum Gasteiger partial charge on any atom is -0.464 e. The van der Waals surface area contributed by atoms with Crippen molar-refractivity contribution in [2.45, 2.75) is 13.8 Å². The van der Waals surface area contributed by atoms with Gasteiger partial charge in [0, 0.05) is 11.1 Å². The van der Waals surface area contributed by atoms with E-state index in [9.17, 15) is 4.79 Å². The largest absolute Gasteiger partial charge is 0.464 e. The molecule has 0 aliphatic heterocycles. The van der Waals surface area contributed by atoms with Crippen molar-refractivity contribution >= 4 is 5.78 Å². The van der Waals surface area contributed by atoms with Crippen LogP contribution in [0.15, 0.2) is 82.0 Å². The zero-order valence-electron chi connectivity index (χ0n) is 14.7. The van der Waals surface area contributed by atoms with Crippen molar-refractivity contribution in [1.82, 2.24) is 0 Å². The molecule has 3 nitrogen and oxygen atoms in total. The van der Waals surface area contributed by atoms with Crippen LogP contribution in [0.1, 0.15) is 27.0 Å². The molecule has 0 unspecified atom stereocenters. The van der Waals surface area contributed by atoms with Crippen molar-refractivity contribution in [2.75, 3.05) is 0 Å². The lowest BCUT2D eigenvalue weighted by atomic mass is 9.96. The van der Waals surface area contributed by atoms with E-state index < -0.39 is 0 Å². The second-order valence-electron chi connectivity index (χ2n) is 6.29. The van der Waals surface area contributed by atoms with Crippen LogP contribution in [0.5, 0.6) is 0 Å². The highest BCUT2D eigenvalue weighted by molar-refractivity contribution is 6.15. The lowest BCUT2D eigenvalue weighted by molar-refractivity contribution is 0.103. The van der Waals surface area contributed by atoms with Crippen molar-refractivity contribution < 1.29 is 13.6 Å². The van der Waals surface area contributed by atoms with Gasteiger partial charge in [-0.2, -0.15) is 0 Å². The van der Waals surface area contributed by atoms with Gasteiger partial charge >= 0.3 is 0 Å². The molecule has 4 rings (SSSR count). The van der Waals surface area contributed by atoms with Crippen molar-refractivity contribution in [3.8, 4) is 22.6 Å². The van der Waals surface area contributed by atoms with Gasteiger partial charge in [0.2, 0.25) is 5.78 Å². The molecule has 26 heavy (non-hydrogen) atoms. The third-order valence-corrected chi connectivity index (χ3v) is 4.60. The standard InChI is InChI=1S/C23H18O3/c1-15-7-3-5-9-17(15)22-19(11-13-25-22)21(24)20-12-14-26-23(20)18-10-6-4-8-16(18)2/h3-14H,1-2H3. The zero-order valence-corrected chi connectivity index (χ0v) is 14.7. The molecule has 0 fully saturated rings. The van der Waals surface area contributed by atoms with Crippen LogP contribution in [0, 0.1) is 13.8 Å². The Kier molecular flexibility index (Phi) is 4.05. The summed E-state index contributed by atoms with van der Waals surface area (Å²) in [6.45, 7) is 4.01. The van der Waals surface area contributed by atoms with Crippen LogP contribution in [-0.4, -0.2) is 5.78 Å². The van der Waals surface area contributed by atoms with E-state index in [2.05, 4.69) is 0 Å². The first kappa shape index (κ1) is 16.2. The summed E-state index contributed by atoms with van der Waals surface area (Å²) in [5.74, 6) is 1.07. The van der Waals surface area contributed by atoms with Crippen LogP contribution >= 0.6 is 0 Å². The number of carbonyl (C=O) groups is 1. The third-order valence-electron chi connectivity index (χ3n) is 4.60. The Morgan fingerprint density at radius 2 is 1.08 bits per heavy atom. The molecule has 0 saturated carbocycles. The summed E-state index contributed by atoms with van der Waals surface area (Å²) in [4.78, 5) is 13.3. The Balaban J connectivity index is 1.81. The van der Waals surface area contributed by atoms with Crippen LogP contribution in [0.3, 0.4) is 0 Å². The Morgan fingerprint density at radius 3 is 1.50 bits per heavy atom. The highest BCUT2D eigenvalue weighted by Crippen LogP contribution is 2.33. The Hall–Kier alpha value is -3.33. The van der Waals surface area contributed by atoms with E-state index in [1.807, 2.05) is 62.4 Å². The number of benzene rings is 2. The summed E-state index contributed by atoms with van der Waals surface area (Å²) >= 11 is 0. The van der Waals surface area contributed by atoms with Gasteiger partial charge < -0.3 is 8.83 Å². The average Bonchev–Trinajstić information content (AvgIpc) is 3.31. The summed E-state index contributed by atoms with van der Waals surface area (Å²) < 4.78 is 11.3. The van der Waals surface area contributed by atoms with E-state index in [0.717, 1.165) is 22.3 Å². The van der Waals surface area contributed by atoms with Crippen LogP contribution in [0.4, 0.5) is 0 Å². The fourth-order valence-corrected chi connectivity index (χ4v) is 3.19. The molecule has 4 aromatic rings. The van der Waals surface area contributed by atoms with Gasteiger partial charge in [-0.25, -0.2) is 0 Å². The molecule has 0 aliphatic rings. The maximum Gasteiger partial charge on any atom is 0.200 e. The zero-order chi connectivity index (χ0) is 18.1. The lowest BCUT2D eigenvalue weighted by Gasteiger charge is -2.07. The van der Waals surface area contributed by atoms with Crippen molar-refractivity contribution in [1.29, 1.82) is 0 Å². The number of aryl methyl sites for hydroxylation is 2. The maximum atomic E-state index is 13.3. The highest BCUT2D eigenvalue weighted by Gasteiger charge is 2.24. The van der Waals surface area contributed by atoms with Gasteiger partial charge in [0.05, 0.1) is 23.7 Å². The fraction of sp³-hybridized carbons (Fsp3) is 0.0870. The molecular weight excluding hydrogens is 324 g/mol. The number of rotatable bonds is 4. The van der Waals surface area contributed by atoms with Crippen LogP contribution in [0.2, 0.25) is 0 Å². The van der Waals surface area contributed by atoms with Crippen molar-refractivity contribution in [3.05, 3.63) is 95.4 Å². The van der Waals surface area contributed by atoms with E-state index in [1.165, 1.54) is 0 Å². The number of hydrogen-bond acceptors (Lipinski definition) is 3. The quantitative estimate of drug-likeness (QED) is 0.424. The minimum atomic E-state index is -0.107. The Bertz CT molecular complexity index is 996. The molecule has 0 spiro atoms. The molecule has 0 aliphatic carbocycles. The fourth-order valence-electron chi connectivity index (χ4n) is 3.19. The predicted molar refractivity (Wildman–Crippen MR) is 101 cm³/mol. The van der Waals surface area contributed by atoms with E-state index in [0.29, 0.717) is 22.6 Å². The van der Waals surface area contributed by atoms with Gasteiger partial charge in [-0.15, -0.1) is 0 Å². The molecule has 2 aromatic heterocycles. The van der Waals surface area contributed by atoms with Gasteiger partial charge in [-0.05, 0) is 37.1 Å². The Labute approximate surface area is 151 Å². The first-order chi connectivity index (χ1) is 12.7. The van der Waals surface area contributed by atoms with Crippen molar-refractivity contribution in [2.24, 2.45) is 0 Å². The molecular formula is C23H18O3. The van der Waals surface area contributed by atoms with Crippen molar-refractivity contribution in [3.63, 3.8) is 0 Å². The summed E-state index contributed by atoms with van der Waals surface area (Å²) in [6.07, 6.45) is 3.12. The molecule has 0 radical (unpaired) electrons. The molecule has 3 heteroatoms. The van der Waals surface area contributed by atoms with E-state index >= 15 is 0 Å². The summed E-state index contributed by atoms with van der Waals surface area (Å²) in [5, 5.41) is 0. The second-order valence-corrected chi connectivity index (χ2v) is 6.29. The molecule has 2 heterocycles. The predicted octanol–water partition coefficient (Wildman–Crippen LogP) is 6.05. The molecule has 128 valence electrons. The third kappa shape index (κ3) is 2.68. The first-order valence-corrected chi connectivity index (χ1v) is 8.48. The maximum absolute atomic E-state index is 13.3.